The number of hydrogen-bond acceptors (Lipinski definition) is 4. The molecule has 0 bridgehead atoms. The third-order valence-corrected chi connectivity index (χ3v) is 3.91. The molecule has 6 heteroatoms. The number of imidazole rings is 1. The van der Waals surface area contributed by atoms with Crippen molar-refractivity contribution in [1.82, 2.24) is 19.9 Å². The first-order chi connectivity index (χ1) is 11.2. The van der Waals surface area contributed by atoms with Crippen LogP contribution in [0, 0.1) is 6.92 Å². The van der Waals surface area contributed by atoms with E-state index in [4.69, 9.17) is 0 Å². The van der Waals surface area contributed by atoms with Gasteiger partial charge in [0.15, 0.2) is 0 Å². The number of H-pyrrole nitrogens is 2. The molecule has 0 saturated heterocycles. The largest absolute Gasteiger partial charge is 0.365 e. The monoisotopic (exact) mass is 305 g/mol. The first-order valence-electron chi connectivity index (χ1n) is 7.36. The maximum atomic E-state index is 11.3. The molecule has 0 radical (unpaired) electrons. The summed E-state index contributed by atoms with van der Waals surface area (Å²) in [6.07, 6.45) is 1.57. The van der Waals surface area contributed by atoms with E-state index in [1.807, 2.05) is 43.3 Å². The molecule has 2 aromatic heterocycles. The molecule has 0 atom stereocenters. The van der Waals surface area contributed by atoms with Gasteiger partial charge in [-0.05, 0) is 36.2 Å². The van der Waals surface area contributed by atoms with Crippen LogP contribution >= 0.6 is 0 Å². The van der Waals surface area contributed by atoms with Crippen molar-refractivity contribution in [3.8, 4) is 0 Å². The van der Waals surface area contributed by atoms with E-state index in [0.717, 1.165) is 38.9 Å². The van der Waals surface area contributed by atoms with Crippen LogP contribution in [0.4, 0.5) is 5.82 Å². The molecule has 0 unspecified atom stereocenters. The van der Waals surface area contributed by atoms with Crippen molar-refractivity contribution in [2.45, 2.75) is 13.5 Å². The summed E-state index contributed by atoms with van der Waals surface area (Å²) < 4.78 is 0. The van der Waals surface area contributed by atoms with E-state index in [-0.39, 0.29) is 5.69 Å². The van der Waals surface area contributed by atoms with Crippen LogP contribution in [-0.2, 0) is 6.54 Å². The van der Waals surface area contributed by atoms with E-state index < -0.39 is 0 Å². The highest BCUT2D eigenvalue weighted by Crippen LogP contribution is 2.23. The Bertz CT molecular complexity index is 1060. The molecule has 3 N–H and O–H groups in total. The van der Waals surface area contributed by atoms with Gasteiger partial charge in [0, 0.05) is 11.9 Å². The van der Waals surface area contributed by atoms with Gasteiger partial charge in [0.05, 0.1) is 16.6 Å². The molecule has 0 aliphatic heterocycles. The molecule has 0 fully saturated rings. The van der Waals surface area contributed by atoms with Crippen LogP contribution < -0.4 is 11.0 Å². The van der Waals surface area contributed by atoms with Gasteiger partial charge < -0.3 is 15.3 Å². The second kappa shape index (κ2) is 5.24. The minimum atomic E-state index is -0.192. The van der Waals surface area contributed by atoms with Crippen LogP contribution in [0.25, 0.3) is 21.9 Å². The lowest BCUT2D eigenvalue weighted by atomic mass is 10.1. The Kier molecular flexibility index (Phi) is 3.08. The first kappa shape index (κ1) is 13.5. The fourth-order valence-corrected chi connectivity index (χ4v) is 2.79. The maximum absolute atomic E-state index is 11.3. The second-order valence-electron chi connectivity index (χ2n) is 5.50. The highest BCUT2D eigenvalue weighted by atomic mass is 16.1. The molecule has 6 nitrogen and oxygen atoms in total. The SMILES string of the molecule is Cc1cccc2ncnc(NCc3ccc4[nH]c(=O)[nH]c4c3)c12. The smallest absolute Gasteiger partial charge is 0.323 e. The van der Waals surface area contributed by atoms with Crippen molar-refractivity contribution in [2.24, 2.45) is 0 Å². The van der Waals surface area contributed by atoms with Crippen molar-refractivity contribution in [3.05, 3.63) is 64.3 Å². The van der Waals surface area contributed by atoms with E-state index in [1.54, 1.807) is 6.33 Å². The van der Waals surface area contributed by atoms with E-state index in [0.29, 0.717) is 6.54 Å². The summed E-state index contributed by atoms with van der Waals surface area (Å²) in [6.45, 7) is 2.66. The Hall–Kier alpha value is -3.15. The fourth-order valence-electron chi connectivity index (χ4n) is 2.79. The predicted molar refractivity (Wildman–Crippen MR) is 90.5 cm³/mol. The van der Waals surface area contributed by atoms with Crippen molar-refractivity contribution < 1.29 is 0 Å². The van der Waals surface area contributed by atoms with Gasteiger partial charge in [-0.2, -0.15) is 0 Å². The number of rotatable bonds is 3. The van der Waals surface area contributed by atoms with E-state index in [9.17, 15) is 4.79 Å². The van der Waals surface area contributed by atoms with Crippen LogP contribution in [0.2, 0.25) is 0 Å². The molecule has 0 saturated carbocycles. The minimum absolute atomic E-state index is 0.192. The van der Waals surface area contributed by atoms with E-state index >= 15 is 0 Å². The molecule has 0 aliphatic carbocycles. The molecule has 0 aliphatic rings. The molecule has 0 spiro atoms. The molecular formula is C17H15N5O. The number of aromatic nitrogens is 4. The summed E-state index contributed by atoms with van der Waals surface area (Å²) >= 11 is 0. The van der Waals surface area contributed by atoms with Crippen LogP contribution in [-0.4, -0.2) is 19.9 Å². The number of nitrogens with zero attached hydrogens (tertiary/aromatic N) is 2. The number of fused-ring (bicyclic) bond motifs is 2. The Morgan fingerprint density at radius 2 is 1.96 bits per heavy atom. The number of aromatic amines is 2. The lowest BCUT2D eigenvalue weighted by molar-refractivity contribution is 1.10. The van der Waals surface area contributed by atoms with Crippen molar-refractivity contribution in [3.63, 3.8) is 0 Å². The van der Waals surface area contributed by atoms with E-state index in [2.05, 4.69) is 25.3 Å². The molecular weight excluding hydrogens is 290 g/mol. The molecule has 0 amide bonds. The summed E-state index contributed by atoms with van der Waals surface area (Å²) in [7, 11) is 0. The molecule has 2 aromatic carbocycles. The average molecular weight is 305 g/mol. The zero-order chi connectivity index (χ0) is 15.8. The highest BCUT2D eigenvalue weighted by molar-refractivity contribution is 5.91. The molecule has 114 valence electrons. The van der Waals surface area contributed by atoms with Gasteiger partial charge in [0.1, 0.15) is 12.1 Å². The maximum Gasteiger partial charge on any atom is 0.323 e. The number of anilines is 1. The van der Waals surface area contributed by atoms with Gasteiger partial charge in [-0.1, -0.05) is 18.2 Å². The van der Waals surface area contributed by atoms with Crippen molar-refractivity contribution >= 4 is 27.8 Å². The lowest BCUT2D eigenvalue weighted by Gasteiger charge is -2.10. The topological polar surface area (TPSA) is 86.5 Å². The summed E-state index contributed by atoms with van der Waals surface area (Å²) in [6, 6.07) is 11.9. The summed E-state index contributed by atoms with van der Waals surface area (Å²) in [5, 5.41) is 4.40. The summed E-state index contributed by atoms with van der Waals surface area (Å²) in [5.74, 6) is 0.816. The van der Waals surface area contributed by atoms with E-state index in [1.165, 1.54) is 0 Å². The lowest BCUT2D eigenvalue weighted by Crippen LogP contribution is -2.03. The summed E-state index contributed by atoms with van der Waals surface area (Å²) in [5.41, 5.74) is 4.54. The van der Waals surface area contributed by atoms with Gasteiger partial charge in [0.25, 0.3) is 0 Å². The van der Waals surface area contributed by atoms with Gasteiger partial charge in [-0.3, -0.25) is 0 Å². The van der Waals surface area contributed by atoms with Gasteiger partial charge in [0.2, 0.25) is 0 Å². The standard InChI is InChI=1S/C17H15N5O/c1-10-3-2-4-13-15(10)16(20-9-19-13)18-8-11-5-6-12-14(7-11)22-17(23)21-12/h2-7,9H,8H2,1H3,(H,18,19,20)(H2,21,22,23). The zero-order valence-electron chi connectivity index (χ0n) is 12.6. The Labute approximate surface area is 131 Å². The quantitative estimate of drug-likeness (QED) is 0.543. The molecule has 4 aromatic rings. The zero-order valence-corrected chi connectivity index (χ0v) is 12.6. The summed E-state index contributed by atoms with van der Waals surface area (Å²) in [4.78, 5) is 25.5. The number of benzene rings is 2. The average Bonchev–Trinajstić information content (AvgIpc) is 2.92. The molecule has 23 heavy (non-hydrogen) atoms. The van der Waals surface area contributed by atoms with Crippen molar-refractivity contribution in [1.29, 1.82) is 0 Å². The number of hydrogen-bond donors (Lipinski definition) is 3. The number of nitrogens with one attached hydrogen (secondary N) is 3. The van der Waals surface area contributed by atoms with Crippen LogP contribution in [0.1, 0.15) is 11.1 Å². The molecule has 2 heterocycles. The minimum Gasteiger partial charge on any atom is -0.365 e. The first-order valence-corrected chi connectivity index (χ1v) is 7.36. The third kappa shape index (κ3) is 2.44. The number of aryl methyl sites for hydroxylation is 1. The Morgan fingerprint density at radius 3 is 2.87 bits per heavy atom. The fraction of sp³-hybridized carbons (Fsp3) is 0.118. The normalized spacial score (nSPS) is 11.2. The van der Waals surface area contributed by atoms with Crippen LogP contribution in [0.15, 0.2) is 47.5 Å². The predicted octanol–water partition coefficient (Wildman–Crippen LogP) is 2.72. The van der Waals surface area contributed by atoms with Crippen LogP contribution in [0.3, 0.4) is 0 Å². The molecule has 4 rings (SSSR count). The van der Waals surface area contributed by atoms with Gasteiger partial charge in [-0.15, -0.1) is 0 Å². The Morgan fingerprint density at radius 1 is 1.09 bits per heavy atom. The van der Waals surface area contributed by atoms with Gasteiger partial charge in [-0.25, -0.2) is 14.8 Å². The van der Waals surface area contributed by atoms with Crippen molar-refractivity contribution in [2.75, 3.05) is 5.32 Å². The van der Waals surface area contributed by atoms with Crippen LogP contribution in [0.5, 0.6) is 0 Å². The third-order valence-electron chi connectivity index (χ3n) is 3.91. The van der Waals surface area contributed by atoms with Gasteiger partial charge >= 0.3 is 5.69 Å². The highest BCUT2D eigenvalue weighted by Gasteiger charge is 2.06. The second-order valence-corrected chi connectivity index (χ2v) is 5.50. The Balaban J connectivity index is 1.66.